The van der Waals surface area contributed by atoms with Gasteiger partial charge in [-0.25, -0.2) is 0 Å². The molecule has 138 valence electrons. The van der Waals surface area contributed by atoms with Gasteiger partial charge in [0.2, 0.25) is 0 Å². The van der Waals surface area contributed by atoms with Gasteiger partial charge in [0.25, 0.3) is 11.6 Å². The minimum absolute atomic E-state index is 0.0342. The predicted molar refractivity (Wildman–Crippen MR) is 101 cm³/mol. The van der Waals surface area contributed by atoms with Gasteiger partial charge in [-0.2, -0.15) is 5.26 Å². The minimum Gasteiger partial charge on any atom is -0.508 e. The van der Waals surface area contributed by atoms with E-state index in [1.165, 1.54) is 42.5 Å². The first-order chi connectivity index (χ1) is 13.5. The first-order valence-electron chi connectivity index (χ1n) is 8.03. The number of benzene rings is 2. The molecule has 0 aliphatic rings. The summed E-state index contributed by atoms with van der Waals surface area (Å²) in [5, 5.41) is 31.8. The number of phenolic OH excluding ortho intramolecular Hbond substituents is 1. The molecule has 0 aliphatic carbocycles. The smallest absolute Gasteiger partial charge is 0.269 e. The van der Waals surface area contributed by atoms with Crippen molar-refractivity contribution in [1.29, 1.82) is 5.26 Å². The molecule has 0 saturated carbocycles. The highest BCUT2D eigenvalue weighted by Crippen LogP contribution is 2.25. The normalized spacial score (nSPS) is 10.9. The largest absolute Gasteiger partial charge is 0.508 e. The van der Waals surface area contributed by atoms with E-state index in [-0.39, 0.29) is 22.8 Å². The summed E-state index contributed by atoms with van der Waals surface area (Å²) in [6.07, 6.45) is 1.30. The second-order valence-corrected chi connectivity index (χ2v) is 5.68. The first-order valence-corrected chi connectivity index (χ1v) is 8.03. The third kappa shape index (κ3) is 4.23. The third-order valence-corrected chi connectivity index (χ3v) is 3.77. The van der Waals surface area contributed by atoms with Gasteiger partial charge >= 0.3 is 0 Å². The van der Waals surface area contributed by atoms with Crippen LogP contribution >= 0.6 is 0 Å². The summed E-state index contributed by atoms with van der Waals surface area (Å²) in [4.78, 5) is 22.5. The zero-order chi connectivity index (χ0) is 20.1. The molecule has 0 saturated heterocycles. The Morgan fingerprint density at radius 3 is 2.39 bits per heavy atom. The molecule has 3 rings (SSSR count). The average Bonchev–Trinajstić information content (AvgIpc) is 3.16. The number of carbonyl (C=O) groups excluding carboxylic acids is 1. The topological polar surface area (TPSA) is 129 Å². The molecule has 2 N–H and O–H groups in total. The highest BCUT2D eigenvalue weighted by Gasteiger charge is 2.12. The summed E-state index contributed by atoms with van der Waals surface area (Å²) >= 11 is 0. The summed E-state index contributed by atoms with van der Waals surface area (Å²) in [7, 11) is 0. The van der Waals surface area contributed by atoms with Crippen LogP contribution in [0.15, 0.2) is 70.7 Å². The number of furan rings is 1. The molecule has 28 heavy (non-hydrogen) atoms. The molecule has 1 aromatic heterocycles. The molecule has 0 atom stereocenters. The lowest BCUT2D eigenvalue weighted by Gasteiger charge is -2.03. The Hall–Kier alpha value is -4.38. The monoisotopic (exact) mass is 375 g/mol. The Balaban J connectivity index is 1.78. The van der Waals surface area contributed by atoms with Crippen LogP contribution in [-0.2, 0) is 4.79 Å². The van der Waals surface area contributed by atoms with Crippen molar-refractivity contribution in [3.63, 3.8) is 0 Å². The molecule has 1 heterocycles. The average molecular weight is 375 g/mol. The number of nitriles is 1. The van der Waals surface area contributed by atoms with E-state index in [1.54, 1.807) is 24.3 Å². The Morgan fingerprint density at radius 1 is 1.11 bits per heavy atom. The van der Waals surface area contributed by atoms with Gasteiger partial charge in [-0.05, 0) is 48.5 Å². The maximum atomic E-state index is 12.2. The number of phenols is 1. The van der Waals surface area contributed by atoms with Crippen molar-refractivity contribution >= 4 is 23.4 Å². The van der Waals surface area contributed by atoms with Gasteiger partial charge in [-0.1, -0.05) is 0 Å². The van der Waals surface area contributed by atoms with Crippen molar-refractivity contribution in [3.05, 3.63) is 82.1 Å². The predicted octanol–water partition coefficient (Wildman–Crippen LogP) is 4.11. The van der Waals surface area contributed by atoms with Gasteiger partial charge in [-0.15, -0.1) is 0 Å². The number of hydrogen-bond donors (Lipinski definition) is 2. The fraction of sp³-hybridized carbons (Fsp3) is 0. The minimum atomic E-state index is -0.624. The second-order valence-electron chi connectivity index (χ2n) is 5.68. The quantitative estimate of drug-likeness (QED) is 0.227. The summed E-state index contributed by atoms with van der Waals surface area (Å²) in [5.41, 5.74) is 0.845. The molecule has 0 unspecified atom stereocenters. The number of nitrogens with one attached hydrogen (secondary N) is 1. The molecular formula is C20H13N3O5. The molecule has 0 radical (unpaired) electrons. The lowest BCUT2D eigenvalue weighted by Crippen LogP contribution is -2.13. The van der Waals surface area contributed by atoms with Crippen LogP contribution in [0.5, 0.6) is 5.75 Å². The van der Waals surface area contributed by atoms with Crippen LogP contribution in [0.4, 0.5) is 11.4 Å². The Kier molecular flexibility index (Phi) is 5.18. The van der Waals surface area contributed by atoms with Crippen molar-refractivity contribution < 1.29 is 19.2 Å². The number of carbonyl (C=O) groups is 1. The van der Waals surface area contributed by atoms with Gasteiger partial charge in [0.1, 0.15) is 28.9 Å². The number of nitro benzene ring substituents is 1. The fourth-order valence-corrected chi connectivity index (χ4v) is 2.37. The van der Waals surface area contributed by atoms with Gasteiger partial charge in [0, 0.05) is 29.5 Å². The SMILES string of the molecule is N#C/C(=C\c1ccc(-c2ccc([N+](=O)[O-])cc2)o1)C(=O)Nc1ccc(O)cc1. The molecule has 2 aromatic carbocycles. The lowest BCUT2D eigenvalue weighted by atomic mass is 10.1. The number of non-ortho nitro benzene ring substituents is 1. The highest BCUT2D eigenvalue weighted by atomic mass is 16.6. The maximum absolute atomic E-state index is 12.2. The highest BCUT2D eigenvalue weighted by molar-refractivity contribution is 6.09. The van der Waals surface area contributed by atoms with Gasteiger partial charge in [0.15, 0.2) is 0 Å². The van der Waals surface area contributed by atoms with E-state index in [0.717, 1.165) is 0 Å². The number of anilines is 1. The zero-order valence-corrected chi connectivity index (χ0v) is 14.3. The molecule has 0 bridgehead atoms. The number of aromatic hydroxyl groups is 1. The van der Waals surface area contributed by atoms with Gasteiger partial charge in [0.05, 0.1) is 4.92 Å². The molecule has 8 heteroatoms. The summed E-state index contributed by atoms with van der Waals surface area (Å²) in [5.74, 6) is 0.160. The van der Waals surface area contributed by atoms with Crippen LogP contribution < -0.4 is 5.32 Å². The number of hydrogen-bond acceptors (Lipinski definition) is 6. The Bertz CT molecular complexity index is 1090. The molecule has 8 nitrogen and oxygen atoms in total. The molecule has 0 spiro atoms. The van der Waals surface area contributed by atoms with Crippen molar-refractivity contribution in [3.8, 4) is 23.1 Å². The van der Waals surface area contributed by atoms with E-state index in [9.17, 15) is 25.3 Å². The zero-order valence-electron chi connectivity index (χ0n) is 14.3. The lowest BCUT2D eigenvalue weighted by molar-refractivity contribution is -0.384. The fourth-order valence-electron chi connectivity index (χ4n) is 2.37. The standard InChI is InChI=1S/C20H13N3O5/c21-12-14(20(25)22-15-3-7-17(24)8-4-15)11-18-9-10-19(28-18)13-1-5-16(6-2-13)23(26)27/h1-11,24H,(H,22,25)/b14-11+. The van der Waals surface area contributed by atoms with Crippen molar-refractivity contribution in [2.24, 2.45) is 0 Å². The Labute approximate surface area is 159 Å². The van der Waals surface area contributed by atoms with E-state index in [4.69, 9.17) is 4.42 Å². The maximum Gasteiger partial charge on any atom is 0.269 e. The van der Waals surface area contributed by atoms with Crippen LogP contribution in [-0.4, -0.2) is 15.9 Å². The van der Waals surface area contributed by atoms with Crippen LogP contribution in [0.2, 0.25) is 0 Å². The molecule has 0 aliphatic heterocycles. The number of nitrogens with zero attached hydrogens (tertiary/aromatic N) is 2. The van der Waals surface area contributed by atoms with Gasteiger partial charge < -0.3 is 14.8 Å². The molecular weight excluding hydrogens is 362 g/mol. The van der Waals surface area contributed by atoms with Crippen LogP contribution in [0.3, 0.4) is 0 Å². The third-order valence-electron chi connectivity index (χ3n) is 3.77. The van der Waals surface area contributed by atoms with Crippen LogP contribution in [0.25, 0.3) is 17.4 Å². The number of rotatable bonds is 5. The summed E-state index contributed by atoms with van der Waals surface area (Å²) in [6, 6.07) is 16.7. The van der Waals surface area contributed by atoms with Crippen molar-refractivity contribution in [2.75, 3.05) is 5.32 Å². The summed E-state index contributed by atoms with van der Waals surface area (Å²) < 4.78 is 5.61. The van der Waals surface area contributed by atoms with E-state index in [0.29, 0.717) is 17.0 Å². The van der Waals surface area contributed by atoms with Crippen LogP contribution in [0, 0.1) is 21.4 Å². The first kappa shape index (κ1) is 18.4. The van der Waals surface area contributed by atoms with E-state index in [2.05, 4.69) is 5.32 Å². The van der Waals surface area contributed by atoms with E-state index >= 15 is 0 Å². The molecule has 0 fully saturated rings. The van der Waals surface area contributed by atoms with Crippen LogP contribution in [0.1, 0.15) is 5.76 Å². The summed E-state index contributed by atoms with van der Waals surface area (Å²) in [6.45, 7) is 0. The van der Waals surface area contributed by atoms with Crippen molar-refractivity contribution in [1.82, 2.24) is 0 Å². The Morgan fingerprint density at radius 2 is 1.79 bits per heavy atom. The van der Waals surface area contributed by atoms with E-state index < -0.39 is 10.8 Å². The number of amides is 1. The van der Waals surface area contributed by atoms with Gasteiger partial charge in [-0.3, -0.25) is 14.9 Å². The second kappa shape index (κ2) is 7.88. The number of nitro groups is 1. The molecule has 3 aromatic rings. The molecule has 1 amide bonds. The van der Waals surface area contributed by atoms with Crippen molar-refractivity contribution in [2.45, 2.75) is 0 Å². The van der Waals surface area contributed by atoms with E-state index in [1.807, 2.05) is 6.07 Å².